The molecule has 0 aliphatic carbocycles. The molecule has 0 aliphatic rings. The number of rotatable bonds is 4. The maximum Gasteiger partial charge on any atom is 0.323 e. The third-order valence-electron chi connectivity index (χ3n) is 2.08. The van der Waals surface area contributed by atoms with E-state index in [-0.39, 0.29) is 12.6 Å². The minimum absolute atomic E-state index is 0.220. The zero-order valence-electron chi connectivity index (χ0n) is 9.10. The highest BCUT2D eigenvalue weighted by Gasteiger charge is 2.15. The standard InChI is InChI=1S/C9H14N4O3/c1-6(7-3-10-11-4-7)12-9(16)13(2)5-8(14)15/h3-4,6H,5H2,1-2H3,(H,10,11)(H,12,16)(H,14,15). The first-order valence-electron chi connectivity index (χ1n) is 4.72. The van der Waals surface area contributed by atoms with Crippen LogP contribution in [0.3, 0.4) is 0 Å². The number of aliphatic carboxylic acids is 1. The van der Waals surface area contributed by atoms with Crippen molar-refractivity contribution in [2.75, 3.05) is 13.6 Å². The Morgan fingerprint density at radius 2 is 2.38 bits per heavy atom. The highest BCUT2D eigenvalue weighted by Crippen LogP contribution is 2.09. The van der Waals surface area contributed by atoms with Gasteiger partial charge in [-0.25, -0.2) is 4.79 Å². The first-order valence-corrected chi connectivity index (χ1v) is 4.72. The Hall–Kier alpha value is -2.05. The fraction of sp³-hybridized carbons (Fsp3) is 0.444. The predicted octanol–water partition coefficient (Wildman–Crippen LogP) is 0.197. The number of aromatic nitrogens is 2. The summed E-state index contributed by atoms with van der Waals surface area (Å²) in [6, 6.07) is -0.654. The van der Waals surface area contributed by atoms with E-state index in [4.69, 9.17) is 5.11 Å². The van der Waals surface area contributed by atoms with Crippen LogP contribution in [0, 0.1) is 0 Å². The highest BCUT2D eigenvalue weighted by atomic mass is 16.4. The molecular weight excluding hydrogens is 212 g/mol. The summed E-state index contributed by atoms with van der Waals surface area (Å²) >= 11 is 0. The molecular formula is C9H14N4O3. The molecule has 0 saturated carbocycles. The van der Waals surface area contributed by atoms with Gasteiger partial charge in [0.25, 0.3) is 0 Å². The van der Waals surface area contributed by atoms with E-state index in [1.165, 1.54) is 7.05 Å². The van der Waals surface area contributed by atoms with Crippen LogP contribution in [-0.4, -0.2) is 45.8 Å². The molecule has 0 fully saturated rings. The summed E-state index contributed by atoms with van der Waals surface area (Å²) in [5.41, 5.74) is 0.831. The molecule has 3 N–H and O–H groups in total. The zero-order chi connectivity index (χ0) is 12.1. The SMILES string of the molecule is CC(NC(=O)N(C)CC(=O)O)c1cn[nH]c1. The quantitative estimate of drug-likeness (QED) is 0.682. The van der Waals surface area contributed by atoms with Gasteiger partial charge in [-0.3, -0.25) is 9.89 Å². The zero-order valence-corrected chi connectivity index (χ0v) is 9.10. The average molecular weight is 226 g/mol. The lowest BCUT2D eigenvalue weighted by Crippen LogP contribution is -2.41. The second kappa shape index (κ2) is 5.15. The van der Waals surface area contributed by atoms with Crippen LogP contribution < -0.4 is 5.32 Å². The minimum Gasteiger partial charge on any atom is -0.480 e. The van der Waals surface area contributed by atoms with Gasteiger partial charge in [0.05, 0.1) is 12.2 Å². The molecule has 88 valence electrons. The molecule has 0 radical (unpaired) electrons. The summed E-state index contributed by atoms with van der Waals surface area (Å²) in [6.07, 6.45) is 3.27. The third-order valence-corrected chi connectivity index (χ3v) is 2.08. The van der Waals surface area contributed by atoms with Gasteiger partial charge in [-0.1, -0.05) is 0 Å². The molecule has 0 spiro atoms. The molecule has 0 aliphatic heterocycles. The van der Waals surface area contributed by atoms with E-state index >= 15 is 0 Å². The Kier molecular flexibility index (Phi) is 3.87. The van der Waals surface area contributed by atoms with Crippen molar-refractivity contribution in [3.05, 3.63) is 18.0 Å². The van der Waals surface area contributed by atoms with Crippen LogP contribution in [0.15, 0.2) is 12.4 Å². The molecule has 1 heterocycles. The van der Waals surface area contributed by atoms with Crippen molar-refractivity contribution in [1.82, 2.24) is 20.4 Å². The molecule has 1 rings (SSSR count). The number of carbonyl (C=O) groups is 2. The molecule has 7 nitrogen and oxygen atoms in total. The van der Waals surface area contributed by atoms with E-state index < -0.39 is 12.0 Å². The van der Waals surface area contributed by atoms with Gasteiger partial charge in [-0.05, 0) is 6.92 Å². The van der Waals surface area contributed by atoms with Gasteiger partial charge in [0.1, 0.15) is 6.54 Å². The van der Waals surface area contributed by atoms with Gasteiger partial charge in [-0.15, -0.1) is 0 Å². The first kappa shape index (κ1) is 12.0. The first-order chi connectivity index (χ1) is 7.50. The second-order valence-electron chi connectivity index (χ2n) is 3.45. The number of H-pyrrole nitrogens is 1. The summed E-state index contributed by atoms with van der Waals surface area (Å²) < 4.78 is 0. The van der Waals surface area contributed by atoms with E-state index in [9.17, 15) is 9.59 Å². The summed E-state index contributed by atoms with van der Waals surface area (Å²) in [7, 11) is 1.42. The fourth-order valence-corrected chi connectivity index (χ4v) is 1.15. The number of urea groups is 1. The molecule has 1 atom stereocenters. The Labute approximate surface area is 92.4 Å². The van der Waals surface area contributed by atoms with Crippen LogP contribution in [0.1, 0.15) is 18.5 Å². The number of nitrogens with zero attached hydrogens (tertiary/aromatic N) is 2. The van der Waals surface area contributed by atoms with Crippen molar-refractivity contribution in [3.63, 3.8) is 0 Å². The van der Waals surface area contributed by atoms with Crippen molar-refractivity contribution in [1.29, 1.82) is 0 Å². The van der Waals surface area contributed by atoms with Crippen LogP contribution >= 0.6 is 0 Å². The maximum absolute atomic E-state index is 11.5. The number of amides is 2. The topological polar surface area (TPSA) is 98.3 Å². The van der Waals surface area contributed by atoms with Crippen molar-refractivity contribution >= 4 is 12.0 Å². The summed E-state index contributed by atoms with van der Waals surface area (Å²) in [5, 5.41) is 17.6. The van der Waals surface area contributed by atoms with Gasteiger partial charge in [0, 0.05) is 18.8 Å². The number of carbonyl (C=O) groups excluding carboxylic acids is 1. The summed E-state index contributed by atoms with van der Waals surface area (Å²) in [6.45, 7) is 1.46. The molecule has 0 saturated heterocycles. The van der Waals surface area contributed by atoms with Gasteiger partial charge in [-0.2, -0.15) is 5.10 Å². The fourth-order valence-electron chi connectivity index (χ4n) is 1.15. The lowest BCUT2D eigenvalue weighted by molar-refractivity contribution is -0.137. The number of carboxylic acids is 1. The lowest BCUT2D eigenvalue weighted by atomic mass is 10.2. The molecule has 16 heavy (non-hydrogen) atoms. The van der Waals surface area contributed by atoms with Crippen molar-refractivity contribution in [2.45, 2.75) is 13.0 Å². The molecule has 2 amide bonds. The largest absolute Gasteiger partial charge is 0.480 e. The van der Waals surface area contributed by atoms with Crippen LogP contribution in [0.2, 0.25) is 0 Å². The Bertz CT molecular complexity index is 363. The van der Waals surface area contributed by atoms with Gasteiger partial charge >= 0.3 is 12.0 Å². The molecule has 1 aromatic heterocycles. The van der Waals surface area contributed by atoms with E-state index in [0.717, 1.165) is 10.5 Å². The van der Waals surface area contributed by atoms with Crippen LogP contribution in [0.5, 0.6) is 0 Å². The van der Waals surface area contributed by atoms with Crippen molar-refractivity contribution in [3.8, 4) is 0 Å². The summed E-state index contributed by atoms with van der Waals surface area (Å²) in [5.74, 6) is -1.05. The maximum atomic E-state index is 11.5. The van der Waals surface area contributed by atoms with Crippen molar-refractivity contribution in [2.24, 2.45) is 0 Å². The van der Waals surface area contributed by atoms with Gasteiger partial charge in [0.15, 0.2) is 0 Å². The van der Waals surface area contributed by atoms with Gasteiger partial charge in [0.2, 0.25) is 0 Å². The van der Waals surface area contributed by atoms with E-state index in [1.54, 1.807) is 19.3 Å². The second-order valence-corrected chi connectivity index (χ2v) is 3.45. The number of aromatic amines is 1. The monoisotopic (exact) mass is 226 g/mol. The number of nitrogens with one attached hydrogen (secondary N) is 2. The normalized spacial score (nSPS) is 11.9. The van der Waals surface area contributed by atoms with Crippen LogP contribution in [0.25, 0.3) is 0 Å². The van der Waals surface area contributed by atoms with E-state index in [2.05, 4.69) is 15.5 Å². The summed E-state index contributed by atoms with van der Waals surface area (Å²) in [4.78, 5) is 23.0. The number of likely N-dealkylation sites (N-methyl/N-ethyl adjacent to an activating group) is 1. The van der Waals surface area contributed by atoms with Crippen molar-refractivity contribution < 1.29 is 14.7 Å². The Morgan fingerprint density at radius 1 is 1.69 bits per heavy atom. The predicted molar refractivity (Wildman–Crippen MR) is 55.8 cm³/mol. The number of hydrogen-bond acceptors (Lipinski definition) is 3. The minimum atomic E-state index is -1.05. The molecule has 1 aromatic rings. The Morgan fingerprint density at radius 3 is 2.88 bits per heavy atom. The van der Waals surface area contributed by atoms with Crippen LogP contribution in [-0.2, 0) is 4.79 Å². The lowest BCUT2D eigenvalue weighted by Gasteiger charge is -2.19. The highest BCUT2D eigenvalue weighted by molar-refractivity contribution is 5.80. The molecule has 0 aromatic carbocycles. The Balaban J connectivity index is 2.48. The van der Waals surface area contributed by atoms with E-state index in [0.29, 0.717) is 0 Å². The van der Waals surface area contributed by atoms with Crippen LogP contribution in [0.4, 0.5) is 4.79 Å². The van der Waals surface area contributed by atoms with Gasteiger partial charge < -0.3 is 15.3 Å². The van der Waals surface area contributed by atoms with E-state index in [1.807, 2.05) is 0 Å². The molecule has 0 bridgehead atoms. The molecule has 1 unspecified atom stereocenters. The third kappa shape index (κ3) is 3.26. The average Bonchev–Trinajstić information content (AvgIpc) is 2.68. The number of carboxylic acid groups (broad SMARTS) is 1. The number of hydrogen-bond donors (Lipinski definition) is 3. The molecule has 7 heteroatoms. The smallest absolute Gasteiger partial charge is 0.323 e.